The first-order valence-corrected chi connectivity index (χ1v) is 6.43. The molecule has 58 valence electrons. The number of nitrogens with zero attached hydrogens (tertiary/aromatic N) is 1. The van der Waals surface area contributed by atoms with Crippen molar-refractivity contribution in [1.29, 1.82) is 5.26 Å². The van der Waals surface area contributed by atoms with E-state index in [1.54, 1.807) is 13.1 Å². The Balaban J connectivity index is 4.26. The van der Waals surface area contributed by atoms with Gasteiger partial charge in [0.2, 0.25) is 0 Å². The van der Waals surface area contributed by atoms with E-state index >= 15 is 0 Å². The Morgan fingerprint density at radius 2 is 1.80 bits per heavy atom. The first-order chi connectivity index (χ1) is 4.39. The van der Waals surface area contributed by atoms with Gasteiger partial charge < -0.3 is 4.11 Å². The van der Waals surface area contributed by atoms with Gasteiger partial charge >= 0.3 is 0 Å². The summed E-state index contributed by atoms with van der Waals surface area (Å²) in [5.74, 6) is 0.150. The highest BCUT2D eigenvalue weighted by Crippen LogP contribution is 2.29. The molecule has 3 heteroatoms. The zero-order valence-electron chi connectivity index (χ0n) is 6.98. The molecule has 0 amide bonds. The van der Waals surface area contributed by atoms with Crippen molar-refractivity contribution in [2.75, 3.05) is 0 Å². The molecule has 1 nitrogen and oxygen atoms in total. The first-order valence-electron chi connectivity index (χ1n) is 3.48. The summed E-state index contributed by atoms with van der Waals surface area (Å²) in [7, 11) is -2.71. The van der Waals surface area contributed by atoms with E-state index in [0.717, 1.165) is 0 Å². The lowest BCUT2D eigenvalue weighted by atomic mass is 10.1. The Morgan fingerprint density at radius 1 is 1.40 bits per heavy atom. The standard InChI is InChI=1S/C7H14FNSi/c1-6(2)7(5-9)10(3,4)8/h6-7H,1-4H3. The quantitative estimate of drug-likeness (QED) is 0.449. The molecule has 0 radical (unpaired) electrons. The van der Waals surface area contributed by atoms with Crippen LogP contribution >= 0.6 is 0 Å². The highest BCUT2D eigenvalue weighted by molar-refractivity contribution is 6.72. The van der Waals surface area contributed by atoms with Gasteiger partial charge in [-0.3, -0.25) is 0 Å². The maximum absolute atomic E-state index is 13.2. The molecule has 0 aliphatic carbocycles. The number of hydrogen-bond donors (Lipinski definition) is 0. The van der Waals surface area contributed by atoms with Crippen LogP contribution in [-0.4, -0.2) is 8.41 Å². The van der Waals surface area contributed by atoms with E-state index in [9.17, 15) is 4.11 Å². The third kappa shape index (κ3) is 2.48. The minimum Gasteiger partial charge on any atom is -0.313 e. The van der Waals surface area contributed by atoms with Gasteiger partial charge in [0.05, 0.1) is 11.6 Å². The molecule has 0 saturated carbocycles. The summed E-state index contributed by atoms with van der Waals surface area (Å²) < 4.78 is 13.2. The second-order valence-electron chi connectivity index (χ2n) is 3.42. The van der Waals surface area contributed by atoms with Gasteiger partial charge in [-0.15, -0.1) is 0 Å². The Kier molecular flexibility index (Phi) is 3.04. The van der Waals surface area contributed by atoms with E-state index in [2.05, 4.69) is 0 Å². The lowest BCUT2D eigenvalue weighted by molar-refractivity contribution is 0.608. The summed E-state index contributed by atoms with van der Waals surface area (Å²) in [5, 5.41) is 8.58. The molecule has 0 heterocycles. The predicted octanol–water partition coefficient (Wildman–Crippen LogP) is 2.71. The van der Waals surface area contributed by atoms with Crippen LogP contribution in [0.1, 0.15) is 13.8 Å². The molecule has 0 saturated heterocycles. The Labute approximate surface area is 63.0 Å². The summed E-state index contributed by atoms with van der Waals surface area (Å²) >= 11 is 0. The molecule has 0 rings (SSSR count). The van der Waals surface area contributed by atoms with Crippen LogP contribution in [-0.2, 0) is 0 Å². The van der Waals surface area contributed by atoms with Crippen molar-refractivity contribution < 1.29 is 4.11 Å². The minimum absolute atomic E-state index is 0.150. The lowest BCUT2D eigenvalue weighted by Crippen LogP contribution is -2.29. The van der Waals surface area contributed by atoms with E-state index in [1.165, 1.54) is 0 Å². The smallest absolute Gasteiger partial charge is 0.258 e. The fraction of sp³-hybridized carbons (Fsp3) is 0.857. The Morgan fingerprint density at radius 3 is 1.80 bits per heavy atom. The van der Waals surface area contributed by atoms with Gasteiger partial charge in [0.1, 0.15) is 0 Å². The van der Waals surface area contributed by atoms with Crippen LogP contribution in [0, 0.1) is 17.2 Å². The summed E-state index contributed by atoms with van der Waals surface area (Å²) in [4.78, 5) is 0. The zero-order valence-corrected chi connectivity index (χ0v) is 7.98. The monoisotopic (exact) mass is 159 g/mol. The van der Waals surface area contributed by atoms with Gasteiger partial charge in [0.25, 0.3) is 8.41 Å². The van der Waals surface area contributed by atoms with Crippen molar-refractivity contribution >= 4 is 8.41 Å². The molecule has 0 aliphatic rings. The SMILES string of the molecule is CC(C)C(C#N)[Si](C)(C)F. The topological polar surface area (TPSA) is 23.8 Å². The maximum Gasteiger partial charge on any atom is 0.258 e. The molecule has 0 fully saturated rings. The molecule has 10 heavy (non-hydrogen) atoms. The molecular weight excluding hydrogens is 145 g/mol. The van der Waals surface area contributed by atoms with Crippen LogP contribution in [0.2, 0.25) is 18.6 Å². The second kappa shape index (κ2) is 3.15. The number of halogens is 1. The average molecular weight is 159 g/mol. The molecular formula is C7H14FNSi. The fourth-order valence-electron chi connectivity index (χ4n) is 1.10. The van der Waals surface area contributed by atoms with Gasteiger partial charge in [-0.1, -0.05) is 13.8 Å². The Hall–Kier alpha value is -0.363. The molecule has 0 aromatic heterocycles. The highest BCUT2D eigenvalue weighted by Gasteiger charge is 2.35. The number of hydrogen-bond acceptors (Lipinski definition) is 1. The molecule has 0 aliphatic heterocycles. The van der Waals surface area contributed by atoms with Crippen LogP contribution < -0.4 is 0 Å². The maximum atomic E-state index is 13.2. The summed E-state index contributed by atoms with van der Waals surface area (Å²) in [6.45, 7) is 6.95. The number of nitriles is 1. The van der Waals surface area contributed by atoms with Crippen molar-refractivity contribution in [1.82, 2.24) is 0 Å². The Bertz CT molecular complexity index is 143. The third-order valence-corrected chi connectivity index (χ3v) is 3.82. The molecule has 0 N–H and O–H groups in total. The third-order valence-electron chi connectivity index (χ3n) is 1.55. The number of rotatable bonds is 2. The van der Waals surface area contributed by atoms with Crippen molar-refractivity contribution in [2.24, 2.45) is 5.92 Å². The largest absolute Gasteiger partial charge is 0.313 e. The summed E-state index contributed by atoms with van der Waals surface area (Å²) in [5.41, 5.74) is -0.354. The summed E-state index contributed by atoms with van der Waals surface area (Å²) in [6.07, 6.45) is 0. The second-order valence-corrected chi connectivity index (χ2v) is 7.17. The normalized spacial score (nSPS) is 14.9. The van der Waals surface area contributed by atoms with Crippen LogP contribution in [0.15, 0.2) is 0 Å². The lowest BCUT2D eigenvalue weighted by Gasteiger charge is -2.20. The average Bonchev–Trinajstić information content (AvgIpc) is 1.60. The van der Waals surface area contributed by atoms with E-state index in [0.29, 0.717) is 0 Å². The molecule has 0 spiro atoms. The molecule has 0 aromatic rings. The summed E-state index contributed by atoms with van der Waals surface area (Å²) in [6, 6.07) is 2.03. The molecule has 0 bridgehead atoms. The molecule has 1 unspecified atom stereocenters. The van der Waals surface area contributed by atoms with E-state index in [4.69, 9.17) is 5.26 Å². The van der Waals surface area contributed by atoms with Crippen LogP contribution in [0.5, 0.6) is 0 Å². The van der Waals surface area contributed by atoms with Crippen LogP contribution in [0.25, 0.3) is 0 Å². The van der Waals surface area contributed by atoms with Gasteiger partial charge in [-0.05, 0) is 19.0 Å². The van der Waals surface area contributed by atoms with Crippen molar-refractivity contribution in [2.45, 2.75) is 32.5 Å². The van der Waals surface area contributed by atoms with E-state index < -0.39 is 8.41 Å². The van der Waals surface area contributed by atoms with Gasteiger partial charge in [0.15, 0.2) is 0 Å². The first kappa shape index (κ1) is 9.64. The molecule has 1 atom stereocenters. The van der Waals surface area contributed by atoms with Crippen molar-refractivity contribution in [3.8, 4) is 6.07 Å². The zero-order chi connectivity index (χ0) is 8.36. The fourth-order valence-corrected chi connectivity index (χ4v) is 2.99. The van der Waals surface area contributed by atoms with Crippen molar-refractivity contribution in [3.05, 3.63) is 0 Å². The van der Waals surface area contributed by atoms with Crippen LogP contribution in [0.4, 0.5) is 4.11 Å². The minimum atomic E-state index is -2.71. The van der Waals surface area contributed by atoms with E-state index in [-0.39, 0.29) is 11.5 Å². The van der Waals surface area contributed by atoms with Gasteiger partial charge in [0, 0.05) is 0 Å². The highest BCUT2D eigenvalue weighted by atomic mass is 28.4. The van der Waals surface area contributed by atoms with Gasteiger partial charge in [-0.25, -0.2) is 0 Å². The van der Waals surface area contributed by atoms with Crippen LogP contribution in [0.3, 0.4) is 0 Å². The predicted molar refractivity (Wildman–Crippen MR) is 42.8 cm³/mol. The van der Waals surface area contributed by atoms with Crippen molar-refractivity contribution in [3.63, 3.8) is 0 Å². The van der Waals surface area contributed by atoms with E-state index in [1.807, 2.05) is 19.9 Å². The van der Waals surface area contributed by atoms with Gasteiger partial charge in [-0.2, -0.15) is 5.26 Å². The molecule has 0 aromatic carbocycles.